The quantitative estimate of drug-likeness (QED) is 0.814. The van der Waals surface area contributed by atoms with E-state index in [9.17, 15) is 13.2 Å². The fourth-order valence-electron chi connectivity index (χ4n) is 2.37. The van der Waals surface area contributed by atoms with Gasteiger partial charge in [0.05, 0.1) is 4.90 Å². The highest BCUT2D eigenvalue weighted by Crippen LogP contribution is 2.20. The minimum atomic E-state index is -3.40. The average molecular weight is 322 g/mol. The van der Waals surface area contributed by atoms with Gasteiger partial charge in [-0.1, -0.05) is 24.3 Å². The summed E-state index contributed by atoms with van der Waals surface area (Å²) in [6.45, 7) is 0.414. The SMILES string of the molecule is CN(C)S(=O)(=O)c1ccc(CNC(=O)C[C@@H]2C=CCC2)cc1. The van der Waals surface area contributed by atoms with Gasteiger partial charge in [0.15, 0.2) is 0 Å². The van der Waals surface area contributed by atoms with Crippen molar-refractivity contribution in [2.24, 2.45) is 5.92 Å². The largest absolute Gasteiger partial charge is 0.352 e. The van der Waals surface area contributed by atoms with Crippen molar-refractivity contribution in [3.05, 3.63) is 42.0 Å². The molecular weight excluding hydrogens is 300 g/mol. The number of rotatable bonds is 6. The van der Waals surface area contributed by atoms with Crippen molar-refractivity contribution in [3.63, 3.8) is 0 Å². The van der Waals surface area contributed by atoms with E-state index in [0.717, 1.165) is 18.4 Å². The lowest BCUT2D eigenvalue weighted by molar-refractivity contribution is -0.121. The zero-order chi connectivity index (χ0) is 16.2. The molecule has 1 amide bonds. The lowest BCUT2D eigenvalue weighted by Crippen LogP contribution is -2.24. The summed E-state index contributed by atoms with van der Waals surface area (Å²) in [5.74, 6) is 0.383. The molecule has 6 heteroatoms. The summed E-state index contributed by atoms with van der Waals surface area (Å²) in [7, 11) is -0.400. The van der Waals surface area contributed by atoms with Crippen LogP contribution in [0.4, 0.5) is 0 Å². The molecule has 120 valence electrons. The van der Waals surface area contributed by atoms with Crippen molar-refractivity contribution < 1.29 is 13.2 Å². The van der Waals surface area contributed by atoms with Crippen LogP contribution < -0.4 is 5.32 Å². The summed E-state index contributed by atoms with van der Waals surface area (Å²) in [4.78, 5) is 12.1. The minimum Gasteiger partial charge on any atom is -0.352 e. The van der Waals surface area contributed by atoms with Crippen molar-refractivity contribution >= 4 is 15.9 Å². The molecule has 0 saturated heterocycles. The first-order chi connectivity index (χ1) is 10.4. The van der Waals surface area contributed by atoms with Gasteiger partial charge in [0, 0.05) is 27.1 Å². The summed E-state index contributed by atoms with van der Waals surface area (Å²) < 4.78 is 25.1. The van der Waals surface area contributed by atoms with Crippen LogP contribution in [0.2, 0.25) is 0 Å². The summed E-state index contributed by atoms with van der Waals surface area (Å²) in [6.07, 6.45) is 6.83. The van der Waals surface area contributed by atoms with Gasteiger partial charge in [-0.25, -0.2) is 12.7 Å². The summed E-state index contributed by atoms with van der Waals surface area (Å²) in [5.41, 5.74) is 0.882. The van der Waals surface area contributed by atoms with Gasteiger partial charge in [-0.2, -0.15) is 0 Å². The third-order valence-electron chi connectivity index (χ3n) is 3.75. The Bertz CT molecular complexity index is 648. The molecule has 22 heavy (non-hydrogen) atoms. The highest BCUT2D eigenvalue weighted by atomic mass is 32.2. The Morgan fingerprint density at radius 2 is 1.95 bits per heavy atom. The Hall–Kier alpha value is -1.66. The van der Waals surface area contributed by atoms with Crippen molar-refractivity contribution in [1.29, 1.82) is 0 Å². The maximum Gasteiger partial charge on any atom is 0.242 e. The van der Waals surface area contributed by atoms with Gasteiger partial charge >= 0.3 is 0 Å². The first-order valence-corrected chi connectivity index (χ1v) is 8.78. The number of nitrogens with zero attached hydrogens (tertiary/aromatic N) is 1. The average Bonchev–Trinajstić information content (AvgIpc) is 2.98. The molecule has 1 aliphatic rings. The molecule has 0 aromatic heterocycles. The lowest BCUT2D eigenvalue weighted by atomic mass is 10.1. The second-order valence-electron chi connectivity index (χ2n) is 5.68. The third kappa shape index (κ3) is 4.18. The van der Waals surface area contributed by atoms with Crippen LogP contribution in [0.1, 0.15) is 24.8 Å². The molecule has 0 unspecified atom stereocenters. The van der Waals surface area contributed by atoms with E-state index in [1.54, 1.807) is 24.3 Å². The summed E-state index contributed by atoms with van der Waals surface area (Å²) >= 11 is 0. The Morgan fingerprint density at radius 3 is 2.50 bits per heavy atom. The van der Waals surface area contributed by atoms with Gasteiger partial charge in [-0.15, -0.1) is 0 Å². The Balaban J connectivity index is 1.89. The van der Waals surface area contributed by atoms with E-state index in [1.807, 2.05) is 0 Å². The first-order valence-electron chi connectivity index (χ1n) is 7.34. The molecule has 0 fully saturated rings. The van der Waals surface area contributed by atoms with E-state index >= 15 is 0 Å². The van der Waals surface area contributed by atoms with Gasteiger partial charge in [0.2, 0.25) is 15.9 Å². The van der Waals surface area contributed by atoms with Gasteiger partial charge in [0.1, 0.15) is 0 Å². The molecule has 0 saturated carbocycles. The molecular formula is C16H22N2O3S. The van der Waals surface area contributed by atoms with Crippen LogP contribution in [-0.2, 0) is 21.4 Å². The number of amides is 1. The number of carbonyl (C=O) groups is 1. The Morgan fingerprint density at radius 1 is 1.27 bits per heavy atom. The topological polar surface area (TPSA) is 66.5 Å². The highest BCUT2D eigenvalue weighted by molar-refractivity contribution is 7.89. The fourth-order valence-corrected chi connectivity index (χ4v) is 3.27. The molecule has 0 aliphatic heterocycles. The van der Waals surface area contributed by atoms with E-state index in [4.69, 9.17) is 0 Å². The first kappa shape index (κ1) is 16.7. The van der Waals surface area contributed by atoms with Crippen LogP contribution in [0.5, 0.6) is 0 Å². The molecule has 1 aromatic rings. The lowest BCUT2D eigenvalue weighted by Gasteiger charge is -2.12. The number of hydrogen-bond donors (Lipinski definition) is 1. The number of allylic oxidation sites excluding steroid dienone is 2. The molecule has 0 radical (unpaired) electrons. The molecule has 0 bridgehead atoms. The monoisotopic (exact) mass is 322 g/mol. The summed E-state index contributed by atoms with van der Waals surface area (Å²) in [6, 6.07) is 6.59. The highest BCUT2D eigenvalue weighted by Gasteiger charge is 2.17. The minimum absolute atomic E-state index is 0.0292. The van der Waals surface area contributed by atoms with Crippen molar-refractivity contribution in [1.82, 2.24) is 9.62 Å². The number of benzene rings is 1. The van der Waals surface area contributed by atoms with Crippen LogP contribution in [0.15, 0.2) is 41.3 Å². The number of hydrogen-bond acceptors (Lipinski definition) is 3. The predicted octanol–water partition coefficient (Wildman–Crippen LogP) is 1.91. The van der Waals surface area contributed by atoms with Gasteiger partial charge < -0.3 is 5.32 Å². The van der Waals surface area contributed by atoms with Crippen LogP contribution in [-0.4, -0.2) is 32.7 Å². The second-order valence-corrected chi connectivity index (χ2v) is 7.83. The van der Waals surface area contributed by atoms with Crippen LogP contribution in [0.3, 0.4) is 0 Å². The van der Waals surface area contributed by atoms with E-state index < -0.39 is 10.0 Å². The number of carbonyl (C=O) groups excluding carboxylic acids is 1. The van der Waals surface area contributed by atoms with Gasteiger partial charge in [0.25, 0.3) is 0 Å². The predicted molar refractivity (Wildman–Crippen MR) is 85.6 cm³/mol. The van der Waals surface area contributed by atoms with Gasteiger partial charge in [-0.05, 0) is 36.5 Å². The molecule has 1 aromatic carbocycles. The van der Waals surface area contributed by atoms with E-state index in [-0.39, 0.29) is 10.8 Å². The number of nitrogens with one attached hydrogen (secondary N) is 1. The van der Waals surface area contributed by atoms with Crippen LogP contribution in [0.25, 0.3) is 0 Å². The molecule has 0 heterocycles. The van der Waals surface area contributed by atoms with Crippen LogP contribution >= 0.6 is 0 Å². The molecule has 1 aliphatic carbocycles. The smallest absolute Gasteiger partial charge is 0.242 e. The van der Waals surface area contributed by atoms with E-state index in [1.165, 1.54) is 18.4 Å². The maximum atomic E-state index is 12.0. The van der Waals surface area contributed by atoms with E-state index in [2.05, 4.69) is 17.5 Å². The zero-order valence-corrected chi connectivity index (χ0v) is 13.8. The van der Waals surface area contributed by atoms with Crippen molar-refractivity contribution in [2.75, 3.05) is 14.1 Å². The zero-order valence-electron chi connectivity index (χ0n) is 13.0. The number of sulfonamides is 1. The molecule has 0 spiro atoms. The molecule has 1 N–H and O–H groups in total. The Kier molecular flexibility index (Phi) is 5.37. The molecule has 1 atom stereocenters. The molecule has 2 rings (SSSR count). The molecule has 5 nitrogen and oxygen atoms in total. The van der Waals surface area contributed by atoms with Gasteiger partial charge in [-0.3, -0.25) is 4.79 Å². The normalized spacial score (nSPS) is 17.9. The van der Waals surface area contributed by atoms with E-state index in [0.29, 0.717) is 18.9 Å². The van der Waals surface area contributed by atoms with Crippen molar-refractivity contribution in [2.45, 2.75) is 30.7 Å². The standard InChI is InChI=1S/C16H22N2O3S/c1-18(2)22(20,21)15-9-7-14(8-10-15)12-17-16(19)11-13-5-3-4-6-13/h3,5,7-10,13H,4,6,11-12H2,1-2H3,(H,17,19)/t13-/m1/s1. The second kappa shape index (κ2) is 7.07. The summed E-state index contributed by atoms with van der Waals surface area (Å²) in [5, 5.41) is 2.87. The maximum absolute atomic E-state index is 12.0. The van der Waals surface area contributed by atoms with Crippen molar-refractivity contribution in [3.8, 4) is 0 Å². The Labute approximate surface area is 132 Å². The van der Waals surface area contributed by atoms with Crippen LogP contribution in [0, 0.1) is 5.92 Å². The fraction of sp³-hybridized carbons (Fsp3) is 0.438. The third-order valence-corrected chi connectivity index (χ3v) is 5.58.